The second-order valence-electron chi connectivity index (χ2n) is 4.30. The molecule has 1 aliphatic heterocycles. The van der Waals surface area contributed by atoms with Gasteiger partial charge in [-0.25, -0.2) is 14.4 Å². The van der Waals surface area contributed by atoms with Gasteiger partial charge in [-0.05, 0) is 19.4 Å². The van der Waals surface area contributed by atoms with Crippen molar-refractivity contribution in [2.24, 2.45) is 0 Å². The Labute approximate surface area is 153 Å². The molecule has 0 atom stereocenters. The van der Waals surface area contributed by atoms with E-state index in [0.717, 1.165) is 12.2 Å². The Balaban J connectivity index is 0. The smallest absolute Gasteiger partial charge is 0.338 e. The molecular weight excluding hydrogens is 334 g/mol. The summed E-state index contributed by atoms with van der Waals surface area (Å²) in [7, 11) is 0. The van der Waals surface area contributed by atoms with Gasteiger partial charge in [0.25, 0.3) is 0 Å². The lowest BCUT2D eigenvalue weighted by molar-refractivity contribution is -0.150. The van der Waals surface area contributed by atoms with E-state index in [1.165, 1.54) is 11.6 Å². The third-order valence-electron chi connectivity index (χ3n) is 2.45. The van der Waals surface area contributed by atoms with Crippen LogP contribution in [0.25, 0.3) is 6.08 Å². The molecule has 136 valence electrons. The van der Waals surface area contributed by atoms with Gasteiger partial charge in [-0.2, -0.15) is 5.26 Å². The van der Waals surface area contributed by atoms with Crippen molar-refractivity contribution < 1.29 is 24.2 Å². The van der Waals surface area contributed by atoms with Crippen LogP contribution in [0.15, 0.2) is 73.4 Å². The Hall–Kier alpha value is -3.72. The third kappa shape index (κ3) is 15.2. The van der Waals surface area contributed by atoms with Crippen molar-refractivity contribution in [1.29, 1.82) is 5.26 Å². The number of nitrogens with zero attached hydrogens (tertiary/aromatic N) is 1. The number of esters is 2. The van der Waals surface area contributed by atoms with Crippen molar-refractivity contribution in [2.45, 2.75) is 13.8 Å². The molecule has 0 unspecified atom stereocenters. The number of hydrogen-bond acceptors (Lipinski definition) is 5. The third-order valence-corrected chi connectivity index (χ3v) is 2.45. The van der Waals surface area contributed by atoms with Crippen LogP contribution in [-0.2, 0) is 19.1 Å². The van der Waals surface area contributed by atoms with Crippen LogP contribution in [0, 0.1) is 11.3 Å². The van der Waals surface area contributed by atoms with E-state index >= 15 is 0 Å². The monoisotopic (exact) mass is 355 g/mol. The fraction of sp³-hybridized carbons (Fsp3) is 0.100. The van der Waals surface area contributed by atoms with E-state index in [-0.39, 0.29) is 0 Å². The van der Waals surface area contributed by atoms with Crippen LogP contribution in [0.1, 0.15) is 19.4 Å². The van der Waals surface area contributed by atoms with Gasteiger partial charge in [-0.1, -0.05) is 55.6 Å². The van der Waals surface area contributed by atoms with Gasteiger partial charge in [0.05, 0.1) is 6.07 Å². The van der Waals surface area contributed by atoms with Gasteiger partial charge >= 0.3 is 17.9 Å². The Morgan fingerprint density at radius 3 is 1.77 bits per heavy atom. The highest BCUT2D eigenvalue weighted by Crippen LogP contribution is 1.97. The summed E-state index contributed by atoms with van der Waals surface area (Å²) in [5.74, 6) is -2.00. The van der Waals surface area contributed by atoms with Gasteiger partial charge < -0.3 is 9.84 Å². The molecule has 2 rings (SSSR count). The van der Waals surface area contributed by atoms with Crippen LogP contribution in [0.3, 0.4) is 0 Å². The maximum absolute atomic E-state index is 9.92. The molecule has 1 heterocycles. The summed E-state index contributed by atoms with van der Waals surface area (Å²) in [6, 6.07) is 11.7. The number of aliphatic carboxylic acids is 1. The first-order valence-corrected chi connectivity index (χ1v) is 7.30. The second kappa shape index (κ2) is 16.1. The molecule has 0 bridgehead atoms. The number of allylic oxidation sites excluding steroid dienone is 2. The van der Waals surface area contributed by atoms with E-state index in [9.17, 15) is 14.4 Å². The summed E-state index contributed by atoms with van der Waals surface area (Å²) in [6.45, 7) is 10.0. The quantitative estimate of drug-likeness (QED) is 0.375. The normalized spacial score (nSPS) is 11.0. The van der Waals surface area contributed by atoms with E-state index < -0.39 is 17.9 Å². The molecule has 6 nitrogen and oxygen atoms in total. The zero-order chi connectivity index (χ0) is 20.4. The van der Waals surface area contributed by atoms with Crippen LogP contribution in [0.5, 0.6) is 0 Å². The Bertz CT molecular complexity index is 691. The molecule has 0 fully saturated rings. The number of ether oxygens (including phenoxy) is 1. The molecule has 1 N–H and O–H groups in total. The summed E-state index contributed by atoms with van der Waals surface area (Å²) in [6.07, 6.45) is 6.74. The second-order valence-corrected chi connectivity index (χ2v) is 4.30. The molecule has 0 aromatic heterocycles. The molecule has 0 aliphatic carbocycles. The van der Waals surface area contributed by atoms with E-state index in [1.807, 2.05) is 36.4 Å². The number of benzene rings is 1. The number of rotatable bonds is 2. The van der Waals surface area contributed by atoms with Crippen molar-refractivity contribution in [3.8, 4) is 6.07 Å². The highest BCUT2D eigenvalue weighted by Gasteiger charge is 2.10. The molecule has 1 aromatic carbocycles. The molecule has 26 heavy (non-hydrogen) atoms. The number of cyclic esters (lactones) is 2. The van der Waals surface area contributed by atoms with Gasteiger partial charge in [-0.15, -0.1) is 0 Å². The minimum absolute atomic E-state index is 0.389. The first kappa shape index (κ1) is 24.5. The minimum atomic E-state index is -0.845. The van der Waals surface area contributed by atoms with Crippen LogP contribution < -0.4 is 0 Å². The molecule has 0 saturated carbocycles. The highest BCUT2D eigenvalue weighted by atomic mass is 16.6. The maximum atomic E-state index is 9.92. The van der Waals surface area contributed by atoms with Crippen molar-refractivity contribution in [3.63, 3.8) is 0 Å². The lowest BCUT2D eigenvalue weighted by Crippen LogP contribution is -1.96. The molecule has 0 radical (unpaired) electrons. The average molecular weight is 355 g/mol. The van der Waals surface area contributed by atoms with Crippen molar-refractivity contribution in [1.82, 2.24) is 0 Å². The van der Waals surface area contributed by atoms with E-state index in [2.05, 4.69) is 17.9 Å². The maximum Gasteiger partial charge on any atom is 0.338 e. The van der Waals surface area contributed by atoms with Crippen molar-refractivity contribution in [3.05, 3.63) is 78.9 Å². The number of hydrogen-bond donors (Lipinski definition) is 1. The summed E-state index contributed by atoms with van der Waals surface area (Å²) in [5.41, 5.74) is 1.56. The number of carboxylic acid groups (broad SMARTS) is 1. The highest BCUT2D eigenvalue weighted by molar-refractivity contribution is 6.04. The molecule has 1 aliphatic rings. The SMILES string of the molecule is C/C=C(\C)C(=O)O.C=CC#N.C=Cc1ccccc1.O=C1C=CC(=O)O1. The van der Waals surface area contributed by atoms with E-state index in [4.69, 9.17) is 10.4 Å². The van der Waals surface area contributed by atoms with Crippen LogP contribution in [0.2, 0.25) is 0 Å². The fourth-order valence-electron chi connectivity index (χ4n) is 1.02. The van der Waals surface area contributed by atoms with Gasteiger partial charge in [0, 0.05) is 23.8 Å². The van der Waals surface area contributed by atoms with Gasteiger partial charge in [0.15, 0.2) is 0 Å². The first-order chi connectivity index (χ1) is 12.3. The van der Waals surface area contributed by atoms with Crippen LogP contribution in [-0.4, -0.2) is 23.0 Å². The van der Waals surface area contributed by atoms with Crippen molar-refractivity contribution in [2.75, 3.05) is 0 Å². The lowest BCUT2D eigenvalue weighted by Gasteiger charge is -1.85. The number of nitriles is 1. The Morgan fingerprint density at radius 1 is 1.15 bits per heavy atom. The van der Waals surface area contributed by atoms with E-state index in [1.54, 1.807) is 26.0 Å². The zero-order valence-corrected chi connectivity index (χ0v) is 14.7. The molecule has 0 spiro atoms. The predicted octanol–water partition coefficient (Wildman–Crippen LogP) is 3.69. The largest absolute Gasteiger partial charge is 0.478 e. The van der Waals surface area contributed by atoms with Gasteiger partial charge in [0.1, 0.15) is 0 Å². The van der Waals surface area contributed by atoms with Gasteiger partial charge in [0.2, 0.25) is 0 Å². The molecular formula is C20H21NO5. The molecule has 0 amide bonds. The first-order valence-electron chi connectivity index (χ1n) is 7.30. The minimum Gasteiger partial charge on any atom is -0.478 e. The Kier molecular flexibility index (Phi) is 15.2. The standard InChI is InChI=1S/C8H8.C5H8O2.C4H2O3.C3H3N/c1-2-8-6-4-3-5-7-8;1-3-4(2)5(6)7;5-3-1-2-4(6)7-3;1-2-3-4/h2-7H,1H2;3H,1-2H3,(H,6,7);1-2H;2H,1H2/b;4-3+;;. The topological polar surface area (TPSA) is 104 Å². The average Bonchev–Trinajstić information content (AvgIpc) is 3.05. The lowest BCUT2D eigenvalue weighted by atomic mass is 10.2. The summed E-state index contributed by atoms with van der Waals surface area (Å²) in [4.78, 5) is 29.7. The number of carbonyl (C=O) groups excluding carboxylic acids is 2. The summed E-state index contributed by atoms with van der Waals surface area (Å²) in [5, 5.41) is 15.6. The summed E-state index contributed by atoms with van der Waals surface area (Å²) < 4.78 is 3.97. The van der Waals surface area contributed by atoms with Crippen LogP contribution in [0.4, 0.5) is 0 Å². The number of carboxylic acids is 1. The van der Waals surface area contributed by atoms with Gasteiger partial charge in [-0.3, -0.25) is 0 Å². The zero-order valence-electron chi connectivity index (χ0n) is 14.7. The Morgan fingerprint density at radius 2 is 1.62 bits per heavy atom. The molecule has 0 saturated heterocycles. The fourth-order valence-corrected chi connectivity index (χ4v) is 1.02. The molecule has 6 heteroatoms. The predicted molar refractivity (Wildman–Crippen MR) is 99.6 cm³/mol. The molecule has 1 aromatic rings. The van der Waals surface area contributed by atoms with E-state index in [0.29, 0.717) is 5.57 Å². The number of carbonyl (C=O) groups is 3. The van der Waals surface area contributed by atoms with Crippen molar-refractivity contribution >= 4 is 24.0 Å². The summed E-state index contributed by atoms with van der Waals surface area (Å²) >= 11 is 0. The van der Waals surface area contributed by atoms with Crippen LogP contribution >= 0.6 is 0 Å².